The Bertz CT molecular complexity index is 957. The lowest BCUT2D eigenvalue weighted by Crippen LogP contribution is -2.45. The Balaban J connectivity index is 1.45. The van der Waals surface area contributed by atoms with Crippen LogP contribution in [0.3, 0.4) is 0 Å². The van der Waals surface area contributed by atoms with Crippen molar-refractivity contribution in [2.75, 3.05) is 0 Å². The minimum absolute atomic E-state index is 0.118. The molecule has 0 aromatic heterocycles. The highest BCUT2D eigenvalue weighted by Crippen LogP contribution is 2.43. The highest BCUT2D eigenvalue weighted by molar-refractivity contribution is 5.95. The zero-order valence-corrected chi connectivity index (χ0v) is 19.2. The normalized spacial score (nSPS) is 25.3. The quantitative estimate of drug-likeness (QED) is 0.555. The van der Waals surface area contributed by atoms with E-state index in [1.807, 2.05) is 11.0 Å². The van der Waals surface area contributed by atoms with Crippen molar-refractivity contribution in [1.29, 1.82) is 0 Å². The summed E-state index contributed by atoms with van der Waals surface area (Å²) in [5.74, 6) is -0.118. The molecule has 0 aliphatic heterocycles. The summed E-state index contributed by atoms with van der Waals surface area (Å²) in [6.07, 6.45) is 2.15. The van der Waals surface area contributed by atoms with Gasteiger partial charge in [0, 0.05) is 17.6 Å². The van der Waals surface area contributed by atoms with Crippen LogP contribution in [0.15, 0.2) is 54.6 Å². The van der Waals surface area contributed by atoms with Crippen LogP contribution in [0.1, 0.15) is 73.9 Å². The van der Waals surface area contributed by atoms with Gasteiger partial charge in [-0.3, -0.25) is 4.79 Å². The summed E-state index contributed by atoms with van der Waals surface area (Å²) in [4.78, 5) is 15.4. The number of hydrogen-bond acceptors (Lipinski definition) is 2. The minimum Gasteiger partial charge on any atom is -0.376 e. The van der Waals surface area contributed by atoms with Gasteiger partial charge >= 0.3 is 6.18 Å². The number of benzene rings is 2. The SMILES string of the molecule is C[C@](O)(c1ccc(C(=O)N(C2CC2)[C@H]2CC[C@@](C)(Cc3ccccc3)CC2)cc1)C(F)(F)F. The van der Waals surface area contributed by atoms with Gasteiger partial charge in [0.25, 0.3) is 5.91 Å². The fourth-order valence-corrected chi connectivity index (χ4v) is 5.08. The fourth-order valence-electron chi connectivity index (χ4n) is 5.08. The van der Waals surface area contributed by atoms with Crippen LogP contribution in [0, 0.1) is 5.41 Å². The molecule has 4 rings (SSSR count). The van der Waals surface area contributed by atoms with Crippen molar-refractivity contribution < 1.29 is 23.1 Å². The zero-order valence-electron chi connectivity index (χ0n) is 19.2. The Labute approximate surface area is 193 Å². The highest BCUT2D eigenvalue weighted by Gasteiger charge is 2.51. The molecule has 6 heteroatoms. The fraction of sp³-hybridized carbons (Fsp3) is 0.519. The van der Waals surface area contributed by atoms with Crippen molar-refractivity contribution in [2.24, 2.45) is 5.41 Å². The van der Waals surface area contributed by atoms with Gasteiger partial charge in [0.1, 0.15) is 0 Å². The van der Waals surface area contributed by atoms with Crippen LogP contribution in [0.2, 0.25) is 0 Å². The Morgan fingerprint density at radius 2 is 1.52 bits per heavy atom. The number of rotatable bonds is 6. The maximum atomic E-state index is 13.4. The van der Waals surface area contributed by atoms with Gasteiger partial charge in [-0.25, -0.2) is 0 Å². The van der Waals surface area contributed by atoms with E-state index < -0.39 is 11.8 Å². The molecule has 0 unspecified atom stereocenters. The maximum absolute atomic E-state index is 13.4. The molecule has 0 heterocycles. The number of nitrogens with zero attached hydrogens (tertiary/aromatic N) is 1. The minimum atomic E-state index is -4.78. The van der Waals surface area contributed by atoms with Crippen LogP contribution >= 0.6 is 0 Å². The largest absolute Gasteiger partial charge is 0.421 e. The van der Waals surface area contributed by atoms with Gasteiger partial charge in [0.15, 0.2) is 5.60 Å². The lowest BCUT2D eigenvalue weighted by molar-refractivity contribution is -0.258. The van der Waals surface area contributed by atoms with E-state index in [-0.39, 0.29) is 29.0 Å². The first-order valence-corrected chi connectivity index (χ1v) is 11.8. The van der Waals surface area contributed by atoms with Crippen LogP contribution in [-0.4, -0.2) is 34.2 Å². The summed E-state index contributed by atoms with van der Waals surface area (Å²) in [6, 6.07) is 16.1. The summed E-state index contributed by atoms with van der Waals surface area (Å²) >= 11 is 0. The van der Waals surface area contributed by atoms with E-state index in [0.717, 1.165) is 51.9 Å². The van der Waals surface area contributed by atoms with Crippen molar-refractivity contribution in [3.8, 4) is 0 Å². The van der Waals surface area contributed by atoms with Gasteiger partial charge in [0.2, 0.25) is 0 Å². The van der Waals surface area contributed by atoms with E-state index in [9.17, 15) is 23.1 Å². The Kier molecular flexibility index (Phi) is 6.34. The lowest BCUT2D eigenvalue weighted by atomic mass is 9.70. The van der Waals surface area contributed by atoms with Crippen molar-refractivity contribution in [3.63, 3.8) is 0 Å². The van der Waals surface area contributed by atoms with Crippen LogP contribution in [-0.2, 0) is 12.0 Å². The predicted octanol–water partition coefficient (Wildman–Crippen LogP) is 6.25. The smallest absolute Gasteiger partial charge is 0.376 e. The van der Waals surface area contributed by atoms with Gasteiger partial charge in [-0.05, 0) is 80.5 Å². The van der Waals surface area contributed by atoms with Crippen LogP contribution in [0.5, 0.6) is 0 Å². The van der Waals surface area contributed by atoms with Crippen molar-refractivity contribution >= 4 is 5.91 Å². The van der Waals surface area contributed by atoms with Crippen molar-refractivity contribution in [3.05, 3.63) is 71.3 Å². The molecular formula is C27H32F3NO2. The van der Waals surface area contributed by atoms with E-state index in [2.05, 4.69) is 31.2 Å². The molecule has 1 N–H and O–H groups in total. The lowest BCUT2D eigenvalue weighted by Gasteiger charge is -2.42. The molecule has 0 bridgehead atoms. The number of carbonyl (C=O) groups excluding carboxylic acids is 1. The standard InChI is InChI=1S/C27H32F3NO2/c1-25(18-19-6-4-3-5-7-19)16-14-23(15-17-25)31(22-12-13-22)24(32)20-8-10-21(11-9-20)26(2,33)27(28,29)30/h3-11,22-23,33H,12-18H2,1-2H3/t23-,25+,26-/m0/s1. The van der Waals surface area contributed by atoms with Gasteiger partial charge in [0.05, 0.1) is 0 Å². The molecule has 2 aromatic carbocycles. The Hall–Kier alpha value is -2.34. The van der Waals surface area contributed by atoms with Crippen LogP contribution in [0.4, 0.5) is 13.2 Å². The van der Waals surface area contributed by atoms with E-state index in [0.29, 0.717) is 5.56 Å². The molecule has 1 atom stereocenters. The monoisotopic (exact) mass is 459 g/mol. The predicted molar refractivity (Wildman–Crippen MR) is 122 cm³/mol. The summed E-state index contributed by atoms with van der Waals surface area (Å²) in [7, 11) is 0. The van der Waals surface area contributed by atoms with Gasteiger partial charge in [-0.15, -0.1) is 0 Å². The number of aliphatic hydroxyl groups is 1. The van der Waals surface area contributed by atoms with Crippen LogP contribution < -0.4 is 0 Å². The number of alkyl halides is 3. The summed E-state index contributed by atoms with van der Waals surface area (Å²) in [5.41, 5.74) is -1.29. The number of halogens is 3. The molecule has 33 heavy (non-hydrogen) atoms. The molecule has 0 spiro atoms. The number of amides is 1. The molecular weight excluding hydrogens is 427 g/mol. The maximum Gasteiger partial charge on any atom is 0.421 e. The molecule has 2 aromatic rings. The first-order chi connectivity index (χ1) is 15.5. The second-order valence-corrected chi connectivity index (χ2v) is 10.3. The zero-order chi connectivity index (χ0) is 23.9. The Morgan fingerprint density at radius 3 is 2.03 bits per heavy atom. The average Bonchev–Trinajstić information content (AvgIpc) is 3.60. The second-order valence-electron chi connectivity index (χ2n) is 10.3. The third-order valence-electron chi connectivity index (χ3n) is 7.45. The van der Waals surface area contributed by atoms with Gasteiger partial charge < -0.3 is 10.0 Å². The topological polar surface area (TPSA) is 40.5 Å². The van der Waals surface area contributed by atoms with Crippen molar-refractivity contribution in [1.82, 2.24) is 4.90 Å². The molecule has 2 fully saturated rings. The second kappa shape index (κ2) is 8.79. The Morgan fingerprint density at radius 1 is 0.970 bits per heavy atom. The van der Waals surface area contributed by atoms with E-state index >= 15 is 0 Å². The molecule has 178 valence electrons. The third-order valence-corrected chi connectivity index (χ3v) is 7.45. The van der Waals surface area contributed by atoms with Crippen LogP contribution in [0.25, 0.3) is 0 Å². The number of carbonyl (C=O) groups is 1. The molecule has 0 radical (unpaired) electrons. The first kappa shape index (κ1) is 23.8. The van der Waals surface area contributed by atoms with Gasteiger partial charge in [-0.1, -0.05) is 49.4 Å². The molecule has 1 amide bonds. The summed E-state index contributed by atoms with van der Waals surface area (Å²) < 4.78 is 39.4. The van der Waals surface area contributed by atoms with Gasteiger partial charge in [-0.2, -0.15) is 13.2 Å². The first-order valence-electron chi connectivity index (χ1n) is 11.8. The van der Waals surface area contributed by atoms with Crippen molar-refractivity contribution in [2.45, 2.75) is 82.7 Å². The number of hydrogen-bond donors (Lipinski definition) is 1. The molecule has 2 aliphatic rings. The summed E-state index contributed by atoms with van der Waals surface area (Å²) in [5, 5.41) is 9.90. The van der Waals surface area contributed by atoms with E-state index in [1.165, 1.54) is 29.8 Å². The average molecular weight is 460 g/mol. The van der Waals surface area contributed by atoms with E-state index in [4.69, 9.17) is 0 Å². The third kappa shape index (κ3) is 5.11. The molecule has 0 saturated heterocycles. The summed E-state index contributed by atoms with van der Waals surface area (Å²) in [6.45, 7) is 3.06. The van der Waals surface area contributed by atoms with E-state index in [1.54, 1.807) is 0 Å². The molecule has 2 aliphatic carbocycles. The molecule has 3 nitrogen and oxygen atoms in total. The molecule has 2 saturated carbocycles. The highest BCUT2D eigenvalue weighted by atomic mass is 19.4.